The number of anilines is 1. The van der Waals surface area contributed by atoms with Gasteiger partial charge in [-0.15, -0.1) is 0 Å². The van der Waals surface area contributed by atoms with E-state index in [1.807, 2.05) is 6.92 Å². The Balaban J connectivity index is 1.84. The Bertz CT molecular complexity index is 984. The summed E-state index contributed by atoms with van der Waals surface area (Å²) in [5, 5.41) is 2.71. The van der Waals surface area contributed by atoms with E-state index >= 15 is 0 Å². The summed E-state index contributed by atoms with van der Waals surface area (Å²) in [6.07, 6.45) is 4.72. The third-order valence-electron chi connectivity index (χ3n) is 4.50. The first-order valence-electron chi connectivity index (χ1n) is 8.51. The summed E-state index contributed by atoms with van der Waals surface area (Å²) < 4.78 is 29.7. The van der Waals surface area contributed by atoms with Crippen LogP contribution in [0.25, 0.3) is 0 Å². The van der Waals surface area contributed by atoms with Crippen LogP contribution in [-0.2, 0) is 23.6 Å². The van der Waals surface area contributed by atoms with Crippen molar-refractivity contribution >= 4 is 21.6 Å². The lowest BCUT2D eigenvalue weighted by Crippen LogP contribution is -2.27. The van der Waals surface area contributed by atoms with E-state index in [1.54, 1.807) is 13.2 Å². The Morgan fingerprint density at radius 1 is 1.19 bits per heavy atom. The molecule has 1 aliphatic rings. The highest BCUT2D eigenvalue weighted by molar-refractivity contribution is 7.89. The lowest BCUT2D eigenvalue weighted by atomic mass is 10.3. The van der Waals surface area contributed by atoms with Crippen LogP contribution in [0, 0.1) is 0 Å². The first-order valence-corrected chi connectivity index (χ1v) is 9.95. The molecule has 2 aromatic rings. The average Bonchev–Trinajstić information content (AvgIpc) is 3.26. The molecule has 0 bridgehead atoms. The van der Waals surface area contributed by atoms with Crippen molar-refractivity contribution in [2.24, 2.45) is 7.05 Å². The van der Waals surface area contributed by atoms with Crippen LogP contribution in [0.15, 0.2) is 40.3 Å². The molecular formula is C17H22N4O4S. The maximum atomic E-state index is 12.6. The summed E-state index contributed by atoms with van der Waals surface area (Å²) in [4.78, 5) is 24.3. The highest BCUT2D eigenvalue weighted by Crippen LogP contribution is 2.23. The molecule has 140 valence electrons. The van der Waals surface area contributed by atoms with E-state index in [-0.39, 0.29) is 16.1 Å². The van der Waals surface area contributed by atoms with E-state index in [0.29, 0.717) is 25.3 Å². The Kier molecular flexibility index (Phi) is 5.01. The maximum Gasteiger partial charge on any atom is 0.272 e. The van der Waals surface area contributed by atoms with Gasteiger partial charge in [0.05, 0.1) is 5.69 Å². The zero-order chi connectivity index (χ0) is 18.9. The minimum Gasteiger partial charge on any atom is -0.345 e. The summed E-state index contributed by atoms with van der Waals surface area (Å²) in [5.41, 5.74) is 0.557. The third kappa shape index (κ3) is 3.45. The molecule has 0 aromatic carbocycles. The van der Waals surface area contributed by atoms with Crippen molar-refractivity contribution in [3.63, 3.8) is 0 Å². The lowest BCUT2D eigenvalue weighted by Gasteiger charge is -2.13. The van der Waals surface area contributed by atoms with Crippen LogP contribution in [0.1, 0.15) is 30.3 Å². The van der Waals surface area contributed by atoms with Gasteiger partial charge in [-0.2, -0.15) is 4.31 Å². The van der Waals surface area contributed by atoms with Gasteiger partial charge >= 0.3 is 0 Å². The van der Waals surface area contributed by atoms with Gasteiger partial charge in [0.15, 0.2) is 0 Å². The number of carbonyl (C=O) groups excluding carboxylic acids is 1. The molecule has 8 nitrogen and oxygen atoms in total. The highest BCUT2D eigenvalue weighted by atomic mass is 32.2. The molecule has 1 fully saturated rings. The van der Waals surface area contributed by atoms with Crippen molar-refractivity contribution < 1.29 is 13.2 Å². The first kappa shape index (κ1) is 18.4. The SMILES string of the molecule is CCn1cc(NC(=O)c2cc(S(=O)(=O)N3CCCC3)cn2C)ccc1=O. The number of aromatic nitrogens is 2. The summed E-state index contributed by atoms with van der Waals surface area (Å²) >= 11 is 0. The van der Waals surface area contributed by atoms with E-state index in [0.717, 1.165) is 12.8 Å². The van der Waals surface area contributed by atoms with Crippen molar-refractivity contribution in [2.75, 3.05) is 18.4 Å². The van der Waals surface area contributed by atoms with Crippen molar-refractivity contribution in [3.05, 3.63) is 46.6 Å². The summed E-state index contributed by atoms with van der Waals surface area (Å²) in [5.74, 6) is -0.434. The van der Waals surface area contributed by atoms with Crippen molar-refractivity contribution in [3.8, 4) is 0 Å². The second-order valence-electron chi connectivity index (χ2n) is 6.28. The second-order valence-corrected chi connectivity index (χ2v) is 8.22. The summed E-state index contributed by atoms with van der Waals surface area (Å²) in [6, 6.07) is 4.30. The van der Waals surface area contributed by atoms with E-state index in [1.165, 1.54) is 37.8 Å². The highest BCUT2D eigenvalue weighted by Gasteiger charge is 2.29. The van der Waals surface area contributed by atoms with Gasteiger partial charge < -0.3 is 14.5 Å². The molecule has 0 spiro atoms. The van der Waals surface area contributed by atoms with Gasteiger partial charge in [0.1, 0.15) is 10.6 Å². The molecule has 1 amide bonds. The zero-order valence-corrected chi connectivity index (χ0v) is 15.6. The number of rotatable bonds is 5. The van der Waals surface area contributed by atoms with Gasteiger partial charge in [-0.3, -0.25) is 9.59 Å². The molecule has 0 aliphatic carbocycles. The molecule has 1 aliphatic heterocycles. The topological polar surface area (TPSA) is 93.4 Å². The fraction of sp³-hybridized carbons (Fsp3) is 0.412. The minimum atomic E-state index is -3.58. The monoisotopic (exact) mass is 378 g/mol. The molecular weight excluding hydrogens is 356 g/mol. The lowest BCUT2D eigenvalue weighted by molar-refractivity contribution is 0.101. The quantitative estimate of drug-likeness (QED) is 0.847. The molecule has 0 atom stereocenters. The number of hydrogen-bond acceptors (Lipinski definition) is 4. The zero-order valence-electron chi connectivity index (χ0n) is 14.8. The molecule has 0 saturated carbocycles. The van der Waals surface area contributed by atoms with Crippen LogP contribution in [0.2, 0.25) is 0 Å². The smallest absolute Gasteiger partial charge is 0.272 e. The van der Waals surface area contributed by atoms with Gasteiger partial charge in [0, 0.05) is 45.1 Å². The Labute approximate surface area is 152 Å². The van der Waals surface area contributed by atoms with Crippen molar-refractivity contribution in [2.45, 2.75) is 31.2 Å². The van der Waals surface area contributed by atoms with Gasteiger partial charge in [0.2, 0.25) is 10.0 Å². The molecule has 1 saturated heterocycles. The van der Waals surface area contributed by atoms with Gasteiger partial charge in [-0.1, -0.05) is 0 Å². The second kappa shape index (κ2) is 7.08. The van der Waals surface area contributed by atoms with Crippen LogP contribution < -0.4 is 10.9 Å². The minimum absolute atomic E-state index is 0.116. The normalized spacial score (nSPS) is 15.3. The number of aryl methyl sites for hydroxylation is 2. The summed E-state index contributed by atoms with van der Waals surface area (Å²) in [6.45, 7) is 3.35. The van der Waals surface area contributed by atoms with Gasteiger partial charge in [-0.25, -0.2) is 8.42 Å². The molecule has 1 N–H and O–H groups in total. The Hall–Kier alpha value is -2.39. The number of sulfonamides is 1. The van der Waals surface area contributed by atoms with E-state index < -0.39 is 15.9 Å². The third-order valence-corrected chi connectivity index (χ3v) is 6.36. The molecule has 9 heteroatoms. The van der Waals surface area contributed by atoms with Crippen molar-refractivity contribution in [1.82, 2.24) is 13.4 Å². The van der Waals surface area contributed by atoms with Crippen LogP contribution in [0.4, 0.5) is 5.69 Å². The molecule has 2 aromatic heterocycles. The van der Waals surface area contributed by atoms with Crippen LogP contribution in [-0.4, -0.2) is 40.9 Å². The maximum absolute atomic E-state index is 12.6. The summed E-state index contributed by atoms with van der Waals surface area (Å²) in [7, 11) is -1.95. The largest absolute Gasteiger partial charge is 0.345 e. The molecule has 3 heterocycles. The Morgan fingerprint density at radius 2 is 1.88 bits per heavy atom. The van der Waals surface area contributed by atoms with Gasteiger partial charge in [0.25, 0.3) is 11.5 Å². The van der Waals surface area contributed by atoms with Gasteiger partial charge in [-0.05, 0) is 31.9 Å². The standard InChI is InChI=1S/C17H22N4O4S/c1-3-20-11-13(6-7-16(20)22)18-17(23)15-10-14(12-19(15)2)26(24,25)21-8-4-5-9-21/h6-7,10-12H,3-5,8-9H2,1-2H3,(H,18,23). The van der Waals surface area contributed by atoms with Crippen LogP contribution >= 0.6 is 0 Å². The predicted octanol–water partition coefficient (Wildman–Crippen LogP) is 1.24. The van der Waals surface area contributed by atoms with Crippen LogP contribution in [0.5, 0.6) is 0 Å². The molecule has 0 unspecified atom stereocenters. The van der Waals surface area contributed by atoms with Crippen LogP contribution in [0.3, 0.4) is 0 Å². The van der Waals surface area contributed by atoms with E-state index in [9.17, 15) is 18.0 Å². The fourth-order valence-electron chi connectivity index (χ4n) is 3.03. The molecule has 0 radical (unpaired) electrons. The number of amides is 1. The number of nitrogens with zero attached hydrogens (tertiary/aromatic N) is 3. The number of pyridine rings is 1. The molecule has 26 heavy (non-hydrogen) atoms. The fourth-order valence-corrected chi connectivity index (χ4v) is 4.62. The number of carbonyl (C=O) groups is 1. The number of nitrogens with one attached hydrogen (secondary N) is 1. The van der Waals surface area contributed by atoms with E-state index in [2.05, 4.69) is 5.32 Å². The first-order chi connectivity index (χ1) is 12.3. The van der Waals surface area contributed by atoms with E-state index in [4.69, 9.17) is 0 Å². The molecule has 3 rings (SSSR count). The Morgan fingerprint density at radius 3 is 2.54 bits per heavy atom. The predicted molar refractivity (Wildman–Crippen MR) is 97.7 cm³/mol. The number of hydrogen-bond donors (Lipinski definition) is 1. The average molecular weight is 378 g/mol. The van der Waals surface area contributed by atoms with Crippen molar-refractivity contribution in [1.29, 1.82) is 0 Å².